The molecule has 0 spiro atoms. The van der Waals surface area contributed by atoms with Gasteiger partial charge in [0.25, 0.3) is 0 Å². The molecule has 0 N–H and O–H groups in total. The van der Waals surface area contributed by atoms with Gasteiger partial charge in [-0.2, -0.15) is 0 Å². The Kier molecular flexibility index (Phi) is 7.10. The van der Waals surface area contributed by atoms with Crippen LogP contribution in [0.4, 0.5) is 0 Å². The number of hydrogen-bond acceptors (Lipinski definition) is 5. The Labute approximate surface area is 153 Å². The highest BCUT2D eigenvalue weighted by molar-refractivity contribution is 5.78. The van der Waals surface area contributed by atoms with Gasteiger partial charge in [0.2, 0.25) is 5.91 Å². The molecule has 0 bridgehead atoms. The van der Waals surface area contributed by atoms with Gasteiger partial charge in [0.1, 0.15) is 0 Å². The molecule has 25 heavy (non-hydrogen) atoms. The van der Waals surface area contributed by atoms with E-state index in [1.54, 1.807) is 0 Å². The summed E-state index contributed by atoms with van der Waals surface area (Å²) in [6.07, 6.45) is 2.29. The van der Waals surface area contributed by atoms with Crippen molar-refractivity contribution in [3.63, 3.8) is 0 Å². The Morgan fingerprint density at radius 2 is 1.56 bits per heavy atom. The molecular formula is C19H36N4O2. The number of piperazine rings is 1. The fourth-order valence-corrected chi connectivity index (χ4v) is 4.47. The topological polar surface area (TPSA) is 39.3 Å². The van der Waals surface area contributed by atoms with Crippen LogP contribution in [-0.4, -0.2) is 110 Å². The van der Waals surface area contributed by atoms with Crippen molar-refractivity contribution >= 4 is 5.91 Å². The minimum atomic E-state index is 0.336. The number of carbonyl (C=O) groups excluding carboxylic acids is 1. The van der Waals surface area contributed by atoms with Crippen LogP contribution in [0.3, 0.4) is 0 Å². The molecule has 6 nitrogen and oxygen atoms in total. The number of ether oxygens (including phenoxy) is 1. The van der Waals surface area contributed by atoms with Crippen molar-refractivity contribution in [3.05, 3.63) is 0 Å². The van der Waals surface area contributed by atoms with Gasteiger partial charge < -0.3 is 14.5 Å². The smallest absolute Gasteiger partial charge is 0.236 e. The molecular weight excluding hydrogens is 316 g/mol. The highest BCUT2D eigenvalue weighted by atomic mass is 16.5. The fraction of sp³-hybridized carbons (Fsp3) is 0.947. The lowest BCUT2D eigenvalue weighted by Gasteiger charge is -2.41. The van der Waals surface area contributed by atoms with Gasteiger partial charge in [-0.25, -0.2) is 0 Å². The van der Waals surface area contributed by atoms with Crippen molar-refractivity contribution in [3.8, 4) is 0 Å². The lowest BCUT2D eigenvalue weighted by molar-refractivity contribution is -0.134. The fourth-order valence-electron chi connectivity index (χ4n) is 4.47. The molecule has 144 valence electrons. The van der Waals surface area contributed by atoms with Crippen molar-refractivity contribution < 1.29 is 9.53 Å². The molecule has 0 saturated carbocycles. The third-order valence-electron chi connectivity index (χ3n) is 6.47. The molecule has 3 aliphatic heterocycles. The molecule has 3 saturated heterocycles. The summed E-state index contributed by atoms with van der Waals surface area (Å²) in [5.41, 5.74) is 0. The summed E-state index contributed by atoms with van der Waals surface area (Å²) in [6.45, 7) is 16.3. The molecule has 1 amide bonds. The van der Waals surface area contributed by atoms with Crippen LogP contribution in [0, 0.1) is 5.92 Å². The van der Waals surface area contributed by atoms with E-state index in [0.29, 0.717) is 18.5 Å². The van der Waals surface area contributed by atoms with E-state index >= 15 is 0 Å². The second-order valence-corrected chi connectivity index (χ2v) is 7.82. The maximum atomic E-state index is 12.6. The summed E-state index contributed by atoms with van der Waals surface area (Å²) in [7, 11) is 0. The number of nitrogens with zero attached hydrogens (tertiary/aromatic N) is 4. The molecule has 3 aliphatic rings. The van der Waals surface area contributed by atoms with Gasteiger partial charge >= 0.3 is 0 Å². The van der Waals surface area contributed by atoms with Crippen molar-refractivity contribution in [2.24, 2.45) is 5.92 Å². The molecule has 0 aromatic carbocycles. The minimum absolute atomic E-state index is 0.336. The molecule has 0 aliphatic carbocycles. The number of carbonyl (C=O) groups is 1. The van der Waals surface area contributed by atoms with Crippen LogP contribution in [0.15, 0.2) is 0 Å². The SMILES string of the molecule is CCN1CCN(CC(=O)N2CCC(C(C)N3CCOCC3)CC2)CC1. The van der Waals surface area contributed by atoms with Crippen molar-refractivity contribution in [2.75, 3.05) is 78.7 Å². The maximum Gasteiger partial charge on any atom is 0.236 e. The number of likely N-dealkylation sites (tertiary alicyclic amines) is 1. The first kappa shape index (κ1) is 19.1. The van der Waals surface area contributed by atoms with E-state index in [4.69, 9.17) is 4.74 Å². The van der Waals surface area contributed by atoms with Crippen LogP contribution >= 0.6 is 0 Å². The zero-order valence-electron chi connectivity index (χ0n) is 16.2. The summed E-state index contributed by atoms with van der Waals surface area (Å²) in [5, 5.41) is 0. The predicted octanol–water partition coefficient (Wildman–Crippen LogP) is 0.583. The molecule has 1 unspecified atom stereocenters. The Morgan fingerprint density at radius 1 is 0.960 bits per heavy atom. The summed E-state index contributed by atoms with van der Waals surface area (Å²) < 4.78 is 5.47. The van der Waals surface area contributed by atoms with Gasteiger partial charge in [-0.3, -0.25) is 14.6 Å². The molecule has 0 aromatic heterocycles. The molecule has 3 fully saturated rings. The van der Waals surface area contributed by atoms with Crippen molar-refractivity contribution in [1.82, 2.24) is 19.6 Å². The average Bonchev–Trinajstić information content (AvgIpc) is 2.69. The summed E-state index contributed by atoms with van der Waals surface area (Å²) in [6, 6.07) is 0.614. The van der Waals surface area contributed by atoms with E-state index in [1.165, 1.54) is 0 Å². The Bertz CT molecular complexity index is 412. The Balaban J connectivity index is 1.38. The van der Waals surface area contributed by atoms with Gasteiger partial charge in [-0.1, -0.05) is 6.92 Å². The first-order chi connectivity index (χ1) is 12.2. The zero-order chi connectivity index (χ0) is 17.6. The monoisotopic (exact) mass is 352 g/mol. The van der Waals surface area contributed by atoms with Crippen LogP contribution in [0.2, 0.25) is 0 Å². The molecule has 6 heteroatoms. The van der Waals surface area contributed by atoms with Crippen molar-refractivity contribution in [1.29, 1.82) is 0 Å². The summed E-state index contributed by atoms with van der Waals surface area (Å²) in [4.78, 5) is 22.1. The standard InChI is InChI=1S/C19H36N4O2/c1-3-20-8-10-21(11-9-20)16-19(24)23-6-4-18(5-7-23)17(2)22-12-14-25-15-13-22/h17-18H,3-16H2,1-2H3. The lowest BCUT2D eigenvalue weighted by atomic mass is 9.89. The summed E-state index contributed by atoms with van der Waals surface area (Å²) in [5.74, 6) is 1.05. The van der Waals surface area contributed by atoms with E-state index in [9.17, 15) is 4.79 Å². The maximum absolute atomic E-state index is 12.6. The van der Waals surface area contributed by atoms with E-state index in [-0.39, 0.29) is 0 Å². The van der Waals surface area contributed by atoms with Gasteiger partial charge in [-0.15, -0.1) is 0 Å². The average molecular weight is 353 g/mol. The number of piperidine rings is 1. The number of morpholine rings is 1. The van der Waals surface area contributed by atoms with Gasteiger partial charge in [0.05, 0.1) is 19.8 Å². The van der Waals surface area contributed by atoms with Crippen LogP contribution in [-0.2, 0) is 9.53 Å². The van der Waals surface area contributed by atoms with Crippen LogP contribution in [0.5, 0.6) is 0 Å². The van der Waals surface area contributed by atoms with Crippen LogP contribution in [0.1, 0.15) is 26.7 Å². The lowest BCUT2D eigenvalue weighted by Crippen LogP contribution is -2.52. The third-order valence-corrected chi connectivity index (χ3v) is 6.47. The van der Waals surface area contributed by atoms with E-state index in [1.807, 2.05) is 0 Å². The van der Waals surface area contributed by atoms with Gasteiger partial charge in [0, 0.05) is 58.4 Å². The summed E-state index contributed by atoms with van der Waals surface area (Å²) >= 11 is 0. The van der Waals surface area contributed by atoms with Gasteiger partial charge in [-0.05, 0) is 32.2 Å². The van der Waals surface area contributed by atoms with E-state index < -0.39 is 0 Å². The predicted molar refractivity (Wildman–Crippen MR) is 99.7 cm³/mol. The molecule has 1 atom stereocenters. The van der Waals surface area contributed by atoms with Crippen LogP contribution < -0.4 is 0 Å². The number of hydrogen-bond donors (Lipinski definition) is 0. The molecule has 3 rings (SSSR count). The number of likely N-dealkylation sites (N-methyl/N-ethyl adjacent to an activating group) is 1. The van der Waals surface area contributed by atoms with Gasteiger partial charge in [0.15, 0.2) is 0 Å². The Morgan fingerprint density at radius 3 is 2.16 bits per heavy atom. The number of amides is 1. The largest absolute Gasteiger partial charge is 0.379 e. The Hall–Kier alpha value is -0.690. The van der Waals surface area contributed by atoms with E-state index in [0.717, 1.165) is 90.9 Å². The highest BCUT2D eigenvalue weighted by Crippen LogP contribution is 2.24. The quantitative estimate of drug-likeness (QED) is 0.724. The van der Waals surface area contributed by atoms with E-state index in [2.05, 4.69) is 33.4 Å². The minimum Gasteiger partial charge on any atom is -0.379 e. The third kappa shape index (κ3) is 5.16. The zero-order valence-corrected chi connectivity index (χ0v) is 16.2. The first-order valence-corrected chi connectivity index (χ1v) is 10.2. The van der Waals surface area contributed by atoms with Crippen LogP contribution in [0.25, 0.3) is 0 Å². The van der Waals surface area contributed by atoms with Crippen molar-refractivity contribution in [2.45, 2.75) is 32.7 Å². The first-order valence-electron chi connectivity index (χ1n) is 10.2. The number of rotatable bonds is 5. The normalized spacial score (nSPS) is 26.7. The molecule has 0 radical (unpaired) electrons. The second kappa shape index (κ2) is 9.31. The highest BCUT2D eigenvalue weighted by Gasteiger charge is 2.30. The second-order valence-electron chi connectivity index (χ2n) is 7.82. The molecule has 3 heterocycles. The molecule has 0 aromatic rings.